The maximum atomic E-state index is 13.2. The van der Waals surface area contributed by atoms with Crippen molar-refractivity contribution in [1.82, 2.24) is 10.6 Å². The average molecular weight is 479 g/mol. The highest BCUT2D eigenvalue weighted by atomic mass is 16.5. The van der Waals surface area contributed by atoms with Crippen molar-refractivity contribution in [1.29, 1.82) is 0 Å². The van der Waals surface area contributed by atoms with Gasteiger partial charge in [0, 0.05) is 5.92 Å². The Labute approximate surface area is 206 Å². The van der Waals surface area contributed by atoms with Crippen LogP contribution in [0.4, 0.5) is 4.79 Å². The van der Waals surface area contributed by atoms with Gasteiger partial charge in [-0.1, -0.05) is 68.8 Å². The van der Waals surface area contributed by atoms with E-state index in [1.165, 1.54) is 0 Å². The van der Waals surface area contributed by atoms with Crippen LogP contribution in [0.25, 0.3) is 11.1 Å². The molecule has 1 unspecified atom stereocenters. The third-order valence-corrected chi connectivity index (χ3v) is 7.52. The molecule has 4 rings (SSSR count). The molecule has 3 atom stereocenters. The Morgan fingerprint density at radius 3 is 2.14 bits per heavy atom. The molecule has 186 valence electrons. The van der Waals surface area contributed by atoms with E-state index in [-0.39, 0.29) is 36.7 Å². The summed E-state index contributed by atoms with van der Waals surface area (Å²) >= 11 is 0. The Morgan fingerprint density at radius 2 is 1.63 bits per heavy atom. The number of carboxylic acids is 1. The molecule has 7 nitrogen and oxygen atoms in total. The first-order valence-corrected chi connectivity index (χ1v) is 12.4. The van der Waals surface area contributed by atoms with Gasteiger partial charge in [-0.05, 0) is 53.9 Å². The van der Waals surface area contributed by atoms with E-state index < -0.39 is 23.6 Å². The molecule has 0 spiro atoms. The molecule has 2 aliphatic carbocycles. The number of hydrogen-bond acceptors (Lipinski definition) is 4. The Morgan fingerprint density at radius 1 is 1.06 bits per heavy atom. The molecule has 2 aromatic carbocycles. The standard InChI is InChI=1S/C28H34N2O5/c1-4-17(2)25(26(33)30-28(3,15-24(31)32)18-13-14-18)29-27(34)35-16-23-21-11-7-5-9-19(21)20-10-6-8-12-22(20)23/h5-12,17-18,23,25H,4,13-16H2,1-3H3,(H,29,34)(H,30,33)(H,31,32)/t17-,25-,28?/m0/s1. The van der Waals surface area contributed by atoms with Gasteiger partial charge in [0.1, 0.15) is 12.6 Å². The quantitative estimate of drug-likeness (QED) is 0.459. The summed E-state index contributed by atoms with van der Waals surface area (Å²) < 4.78 is 5.65. The molecule has 0 bridgehead atoms. The highest BCUT2D eigenvalue weighted by Gasteiger charge is 2.45. The van der Waals surface area contributed by atoms with Crippen molar-refractivity contribution in [2.45, 2.75) is 64.0 Å². The molecule has 0 heterocycles. The number of fused-ring (bicyclic) bond motifs is 3. The number of aliphatic carboxylic acids is 1. The van der Waals surface area contributed by atoms with Gasteiger partial charge in [-0.25, -0.2) is 4.79 Å². The number of amides is 2. The number of nitrogens with one attached hydrogen (secondary N) is 2. The van der Waals surface area contributed by atoms with Crippen molar-refractivity contribution in [3.63, 3.8) is 0 Å². The van der Waals surface area contributed by atoms with E-state index in [9.17, 15) is 19.5 Å². The third kappa shape index (κ3) is 5.34. The average Bonchev–Trinajstić information content (AvgIpc) is 3.64. The van der Waals surface area contributed by atoms with Crippen LogP contribution in [0, 0.1) is 11.8 Å². The van der Waals surface area contributed by atoms with Gasteiger partial charge < -0.3 is 20.5 Å². The maximum Gasteiger partial charge on any atom is 0.407 e. The van der Waals surface area contributed by atoms with Crippen molar-refractivity contribution in [3.8, 4) is 11.1 Å². The zero-order valence-corrected chi connectivity index (χ0v) is 20.5. The maximum absolute atomic E-state index is 13.2. The highest BCUT2D eigenvalue weighted by molar-refractivity contribution is 5.87. The summed E-state index contributed by atoms with van der Waals surface area (Å²) in [4.78, 5) is 37.5. The smallest absolute Gasteiger partial charge is 0.407 e. The van der Waals surface area contributed by atoms with Gasteiger partial charge in [-0.2, -0.15) is 0 Å². The van der Waals surface area contributed by atoms with E-state index in [2.05, 4.69) is 34.9 Å². The Bertz CT molecular complexity index is 1070. The van der Waals surface area contributed by atoms with Crippen LogP contribution in [0.15, 0.2) is 48.5 Å². The van der Waals surface area contributed by atoms with Gasteiger partial charge in [-0.15, -0.1) is 0 Å². The first-order chi connectivity index (χ1) is 16.7. The fraction of sp³-hybridized carbons (Fsp3) is 0.464. The topological polar surface area (TPSA) is 105 Å². The summed E-state index contributed by atoms with van der Waals surface area (Å²) in [6, 6.07) is 15.4. The molecule has 1 saturated carbocycles. The SMILES string of the molecule is CC[C@H](C)[C@H](NC(=O)OCC1c2ccccc2-c2ccccc21)C(=O)NC(C)(CC(=O)O)C1CC1. The number of carbonyl (C=O) groups is 3. The number of ether oxygens (including phenoxy) is 1. The van der Waals surface area contributed by atoms with Crippen LogP contribution in [0.3, 0.4) is 0 Å². The Hall–Kier alpha value is -3.35. The normalized spacial score (nSPS) is 17.9. The largest absolute Gasteiger partial charge is 0.481 e. The van der Waals surface area contributed by atoms with Crippen LogP contribution in [0.5, 0.6) is 0 Å². The fourth-order valence-electron chi connectivity index (χ4n) is 5.15. The molecule has 0 aromatic heterocycles. The van der Waals surface area contributed by atoms with E-state index >= 15 is 0 Å². The van der Waals surface area contributed by atoms with Crippen LogP contribution in [-0.4, -0.2) is 41.3 Å². The molecule has 3 N–H and O–H groups in total. The van der Waals surface area contributed by atoms with E-state index in [1.807, 2.05) is 38.1 Å². The second-order valence-electron chi connectivity index (χ2n) is 10.1. The summed E-state index contributed by atoms with van der Waals surface area (Å²) in [5, 5.41) is 15.0. The lowest BCUT2D eigenvalue weighted by atomic mass is 9.90. The summed E-state index contributed by atoms with van der Waals surface area (Å²) in [7, 11) is 0. The number of carboxylic acid groups (broad SMARTS) is 1. The molecule has 0 radical (unpaired) electrons. The van der Waals surface area contributed by atoms with E-state index in [0.717, 1.165) is 35.1 Å². The van der Waals surface area contributed by atoms with Crippen molar-refractivity contribution in [2.24, 2.45) is 11.8 Å². The summed E-state index contributed by atoms with van der Waals surface area (Å²) in [6.07, 6.45) is 1.64. The molecular formula is C28H34N2O5. The van der Waals surface area contributed by atoms with Crippen molar-refractivity contribution in [3.05, 3.63) is 59.7 Å². The zero-order chi connectivity index (χ0) is 25.2. The minimum absolute atomic E-state index is 0.0715. The number of benzene rings is 2. The molecular weight excluding hydrogens is 444 g/mol. The number of hydrogen-bond donors (Lipinski definition) is 3. The Balaban J connectivity index is 1.43. The molecule has 0 saturated heterocycles. The molecule has 2 aliphatic rings. The molecule has 0 aliphatic heterocycles. The van der Waals surface area contributed by atoms with Crippen LogP contribution in [0.2, 0.25) is 0 Å². The third-order valence-electron chi connectivity index (χ3n) is 7.52. The lowest BCUT2D eigenvalue weighted by molar-refractivity contribution is -0.139. The minimum atomic E-state index is -0.954. The van der Waals surface area contributed by atoms with Crippen LogP contribution in [0.1, 0.15) is 63.5 Å². The number of rotatable bonds is 10. The highest BCUT2D eigenvalue weighted by Crippen LogP contribution is 2.44. The lowest BCUT2D eigenvalue weighted by Crippen LogP contribution is -2.58. The second-order valence-corrected chi connectivity index (χ2v) is 10.1. The van der Waals surface area contributed by atoms with Crippen molar-refractivity contribution >= 4 is 18.0 Å². The number of alkyl carbamates (subject to hydrolysis) is 1. The first-order valence-electron chi connectivity index (χ1n) is 12.4. The van der Waals surface area contributed by atoms with Crippen LogP contribution >= 0.6 is 0 Å². The number of carbonyl (C=O) groups excluding carboxylic acids is 2. The zero-order valence-electron chi connectivity index (χ0n) is 20.5. The molecule has 2 aromatic rings. The van der Waals surface area contributed by atoms with Crippen molar-refractivity contribution < 1.29 is 24.2 Å². The van der Waals surface area contributed by atoms with E-state index in [4.69, 9.17) is 4.74 Å². The van der Waals surface area contributed by atoms with Gasteiger partial charge in [0.2, 0.25) is 5.91 Å². The predicted molar refractivity (Wildman–Crippen MR) is 133 cm³/mol. The molecule has 35 heavy (non-hydrogen) atoms. The molecule has 2 amide bonds. The van der Waals surface area contributed by atoms with E-state index in [1.54, 1.807) is 6.92 Å². The van der Waals surface area contributed by atoms with Crippen LogP contribution < -0.4 is 10.6 Å². The molecule has 7 heteroatoms. The summed E-state index contributed by atoms with van der Waals surface area (Å²) in [5.41, 5.74) is 3.69. The minimum Gasteiger partial charge on any atom is -0.481 e. The first kappa shape index (κ1) is 24.8. The van der Waals surface area contributed by atoms with Crippen molar-refractivity contribution in [2.75, 3.05) is 6.61 Å². The van der Waals surface area contributed by atoms with Gasteiger partial charge in [0.05, 0.1) is 12.0 Å². The monoisotopic (exact) mass is 478 g/mol. The van der Waals surface area contributed by atoms with Gasteiger partial charge in [-0.3, -0.25) is 9.59 Å². The van der Waals surface area contributed by atoms with Gasteiger partial charge in [0.15, 0.2) is 0 Å². The molecule has 1 fully saturated rings. The second kappa shape index (κ2) is 10.1. The summed E-state index contributed by atoms with van der Waals surface area (Å²) in [6.45, 7) is 5.77. The Kier molecular flexibility index (Phi) is 7.15. The summed E-state index contributed by atoms with van der Waals surface area (Å²) in [5.74, 6) is -1.41. The van der Waals surface area contributed by atoms with Crippen LogP contribution in [-0.2, 0) is 14.3 Å². The lowest BCUT2D eigenvalue weighted by Gasteiger charge is -2.33. The fourth-order valence-corrected chi connectivity index (χ4v) is 5.15. The van der Waals surface area contributed by atoms with E-state index in [0.29, 0.717) is 6.42 Å². The van der Waals surface area contributed by atoms with Gasteiger partial charge >= 0.3 is 12.1 Å². The van der Waals surface area contributed by atoms with Gasteiger partial charge in [0.25, 0.3) is 0 Å². The predicted octanol–water partition coefficient (Wildman–Crippen LogP) is 4.70.